The summed E-state index contributed by atoms with van der Waals surface area (Å²) in [4.78, 5) is 22.3. The van der Waals surface area contributed by atoms with Gasteiger partial charge in [-0.15, -0.1) is 11.6 Å². The van der Waals surface area contributed by atoms with Crippen molar-refractivity contribution in [3.8, 4) is 0 Å². The van der Waals surface area contributed by atoms with Crippen molar-refractivity contribution < 1.29 is 9.18 Å². The third kappa shape index (κ3) is 3.79. The first kappa shape index (κ1) is 20.0. The standard InChI is InChI=1S/C22H18Cl2FN5O/c23-10-19(31)30-12-22(7-8-22)16-6-5-15(9-18(16)30)27-20-17(25)11-26-21(29-20)28-14-3-1-13(24)2-4-14/h1-6,9,11H,7-8,10,12H2,(H2,26,27,28,29). The molecule has 0 bridgehead atoms. The average Bonchev–Trinajstić information content (AvgIpc) is 3.48. The lowest BCUT2D eigenvalue weighted by Crippen LogP contribution is -2.32. The van der Waals surface area contributed by atoms with Crippen LogP contribution in [0.15, 0.2) is 48.7 Å². The molecule has 0 atom stereocenters. The number of fused-ring (bicyclic) bond motifs is 2. The van der Waals surface area contributed by atoms with Gasteiger partial charge in [0.1, 0.15) is 5.88 Å². The Kier molecular flexibility index (Phi) is 4.95. The van der Waals surface area contributed by atoms with Crippen LogP contribution in [-0.2, 0) is 10.2 Å². The van der Waals surface area contributed by atoms with Crippen molar-refractivity contribution in [3.63, 3.8) is 0 Å². The van der Waals surface area contributed by atoms with Gasteiger partial charge in [-0.1, -0.05) is 17.7 Å². The summed E-state index contributed by atoms with van der Waals surface area (Å²) in [5, 5.41) is 6.63. The molecule has 5 rings (SSSR count). The Labute approximate surface area is 188 Å². The Morgan fingerprint density at radius 1 is 1.13 bits per heavy atom. The van der Waals surface area contributed by atoms with Gasteiger partial charge in [-0.3, -0.25) is 4.79 Å². The molecule has 0 radical (unpaired) electrons. The molecule has 2 aromatic carbocycles. The number of rotatable bonds is 5. The van der Waals surface area contributed by atoms with Crippen molar-refractivity contribution in [2.75, 3.05) is 28.0 Å². The Hall–Kier alpha value is -2.90. The molecule has 31 heavy (non-hydrogen) atoms. The number of nitrogens with one attached hydrogen (secondary N) is 2. The van der Waals surface area contributed by atoms with Crippen LogP contribution in [0, 0.1) is 5.82 Å². The zero-order valence-electron chi connectivity index (χ0n) is 16.3. The minimum Gasteiger partial charge on any atom is -0.338 e. The van der Waals surface area contributed by atoms with E-state index < -0.39 is 5.82 Å². The predicted molar refractivity (Wildman–Crippen MR) is 120 cm³/mol. The molecule has 1 fully saturated rings. The molecule has 0 saturated heterocycles. The fraction of sp³-hybridized carbons (Fsp3) is 0.227. The lowest BCUT2D eigenvalue weighted by atomic mass is 9.98. The topological polar surface area (TPSA) is 70.2 Å². The van der Waals surface area contributed by atoms with Crippen molar-refractivity contribution in [2.24, 2.45) is 0 Å². The fourth-order valence-corrected chi connectivity index (χ4v) is 4.21. The Balaban J connectivity index is 1.41. The van der Waals surface area contributed by atoms with E-state index in [0.717, 1.165) is 36.0 Å². The predicted octanol–water partition coefficient (Wildman–Crippen LogP) is 5.37. The summed E-state index contributed by atoms with van der Waals surface area (Å²) < 4.78 is 14.4. The molecule has 1 amide bonds. The number of benzene rings is 2. The quantitative estimate of drug-likeness (QED) is 0.503. The molecule has 3 aromatic rings. The molecule has 1 aliphatic heterocycles. The van der Waals surface area contributed by atoms with Crippen LogP contribution in [0.1, 0.15) is 18.4 Å². The maximum Gasteiger partial charge on any atom is 0.241 e. The van der Waals surface area contributed by atoms with E-state index in [9.17, 15) is 9.18 Å². The van der Waals surface area contributed by atoms with Gasteiger partial charge in [0, 0.05) is 34.0 Å². The lowest BCUT2D eigenvalue weighted by Gasteiger charge is -2.17. The fourth-order valence-electron chi connectivity index (χ4n) is 3.94. The number of carbonyl (C=O) groups excluding carboxylic acids is 1. The highest BCUT2D eigenvalue weighted by Gasteiger charge is 2.52. The van der Waals surface area contributed by atoms with Crippen LogP contribution in [-0.4, -0.2) is 28.3 Å². The van der Waals surface area contributed by atoms with E-state index in [1.54, 1.807) is 29.2 Å². The summed E-state index contributed by atoms with van der Waals surface area (Å²) >= 11 is 11.7. The Morgan fingerprint density at radius 2 is 1.87 bits per heavy atom. The molecule has 1 aliphatic carbocycles. The summed E-state index contributed by atoms with van der Waals surface area (Å²) in [6, 6.07) is 12.7. The molecule has 2 N–H and O–H groups in total. The van der Waals surface area contributed by atoms with Gasteiger partial charge in [0.15, 0.2) is 11.6 Å². The summed E-state index contributed by atoms with van der Waals surface area (Å²) in [6.45, 7) is 0.647. The number of hydrogen-bond acceptors (Lipinski definition) is 5. The van der Waals surface area contributed by atoms with Gasteiger partial charge in [0.2, 0.25) is 11.9 Å². The van der Waals surface area contributed by atoms with E-state index in [0.29, 0.717) is 17.3 Å². The normalized spacial score (nSPS) is 15.6. The summed E-state index contributed by atoms with van der Waals surface area (Å²) in [5.41, 5.74) is 3.36. The maximum absolute atomic E-state index is 14.4. The van der Waals surface area contributed by atoms with Gasteiger partial charge in [0.25, 0.3) is 0 Å². The number of halogens is 3. The second-order valence-electron chi connectivity index (χ2n) is 7.77. The molecule has 1 aromatic heterocycles. The van der Waals surface area contributed by atoms with Crippen molar-refractivity contribution in [1.82, 2.24) is 9.97 Å². The minimum absolute atomic E-state index is 0.0285. The molecule has 6 nitrogen and oxygen atoms in total. The number of nitrogens with zero attached hydrogens (tertiary/aromatic N) is 3. The van der Waals surface area contributed by atoms with Gasteiger partial charge >= 0.3 is 0 Å². The molecule has 9 heteroatoms. The van der Waals surface area contributed by atoms with Gasteiger partial charge in [0.05, 0.1) is 6.20 Å². The number of carbonyl (C=O) groups is 1. The number of alkyl halides is 1. The first-order valence-corrected chi connectivity index (χ1v) is 10.7. The van der Waals surface area contributed by atoms with Gasteiger partial charge in [-0.05, 0) is 54.8 Å². The molecular weight excluding hydrogens is 440 g/mol. The van der Waals surface area contributed by atoms with E-state index in [1.165, 1.54) is 0 Å². The molecule has 0 unspecified atom stereocenters. The summed E-state index contributed by atoms with van der Waals surface area (Å²) in [6.07, 6.45) is 3.21. The first-order chi connectivity index (χ1) is 15.0. The SMILES string of the molecule is O=C(CCl)N1CC2(CC2)c2ccc(Nc3nc(Nc4ccc(Cl)cc4)ncc3F)cc21. The minimum atomic E-state index is -0.588. The zero-order chi connectivity index (χ0) is 21.6. The van der Waals surface area contributed by atoms with Crippen molar-refractivity contribution in [2.45, 2.75) is 18.3 Å². The highest BCUT2D eigenvalue weighted by molar-refractivity contribution is 6.30. The summed E-state index contributed by atoms with van der Waals surface area (Å²) in [7, 11) is 0. The molecule has 1 spiro atoms. The smallest absolute Gasteiger partial charge is 0.241 e. The van der Waals surface area contributed by atoms with Crippen LogP contribution in [0.25, 0.3) is 0 Å². The molecule has 1 saturated carbocycles. The molecule has 158 valence electrons. The molecule has 2 aliphatic rings. The number of anilines is 5. The van der Waals surface area contributed by atoms with Crippen LogP contribution < -0.4 is 15.5 Å². The number of hydrogen-bond donors (Lipinski definition) is 2. The van der Waals surface area contributed by atoms with E-state index >= 15 is 0 Å². The maximum atomic E-state index is 14.4. The van der Waals surface area contributed by atoms with Gasteiger partial charge in [-0.25, -0.2) is 9.37 Å². The number of aromatic nitrogens is 2. The lowest BCUT2D eigenvalue weighted by molar-refractivity contribution is -0.116. The van der Waals surface area contributed by atoms with Crippen LogP contribution in [0.5, 0.6) is 0 Å². The highest BCUT2D eigenvalue weighted by Crippen LogP contribution is 2.57. The van der Waals surface area contributed by atoms with E-state index in [4.69, 9.17) is 23.2 Å². The second kappa shape index (κ2) is 7.66. The highest BCUT2D eigenvalue weighted by atomic mass is 35.5. The van der Waals surface area contributed by atoms with Crippen molar-refractivity contribution >= 4 is 57.9 Å². The van der Waals surface area contributed by atoms with Crippen molar-refractivity contribution in [3.05, 3.63) is 65.1 Å². The van der Waals surface area contributed by atoms with Gasteiger partial charge in [-0.2, -0.15) is 4.98 Å². The third-order valence-corrected chi connectivity index (χ3v) is 6.18. The van der Waals surface area contributed by atoms with Crippen LogP contribution >= 0.6 is 23.2 Å². The number of amides is 1. The molecular formula is C22H18Cl2FN5O. The zero-order valence-corrected chi connectivity index (χ0v) is 17.8. The summed E-state index contributed by atoms with van der Waals surface area (Å²) in [5.74, 6) is -0.530. The molecule has 2 heterocycles. The van der Waals surface area contributed by atoms with E-state index in [2.05, 4.69) is 20.6 Å². The van der Waals surface area contributed by atoms with Crippen LogP contribution in [0.2, 0.25) is 5.02 Å². The van der Waals surface area contributed by atoms with E-state index in [1.807, 2.05) is 18.2 Å². The largest absolute Gasteiger partial charge is 0.338 e. The third-order valence-electron chi connectivity index (χ3n) is 5.70. The second-order valence-corrected chi connectivity index (χ2v) is 8.48. The van der Waals surface area contributed by atoms with Crippen molar-refractivity contribution in [1.29, 1.82) is 0 Å². The Morgan fingerprint density at radius 3 is 2.58 bits per heavy atom. The average molecular weight is 458 g/mol. The monoisotopic (exact) mass is 457 g/mol. The van der Waals surface area contributed by atoms with E-state index in [-0.39, 0.29) is 29.0 Å². The van der Waals surface area contributed by atoms with Crippen LogP contribution in [0.3, 0.4) is 0 Å². The first-order valence-electron chi connectivity index (χ1n) is 9.80. The Bertz CT molecular complexity index is 1170. The van der Waals surface area contributed by atoms with Gasteiger partial charge < -0.3 is 15.5 Å². The van der Waals surface area contributed by atoms with Crippen LogP contribution in [0.4, 0.5) is 33.2 Å².